The summed E-state index contributed by atoms with van der Waals surface area (Å²) in [4.78, 5) is 11.5. The maximum atomic E-state index is 11.5. The Hall–Kier alpha value is -1.55. The molecule has 0 amide bonds. The van der Waals surface area contributed by atoms with Crippen LogP contribution >= 0.6 is 0 Å². The number of anilines is 1. The predicted molar refractivity (Wildman–Crippen MR) is 62.2 cm³/mol. The largest absolute Gasteiger partial charge is 0.462 e. The molecule has 0 radical (unpaired) electrons. The van der Waals surface area contributed by atoms with Crippen LogP contribution in [-0.2, 0) is 4.74 Å². The minimum absolute atomic E-state index is 0.213. The van der Waals surface area contributed by atoms with Crippen LogP contribution < -0.4 is 5.73 Å². The van der Waals surface area contributed by atoms with Crippen LogP contribution in [0.3, 0.4) is 0 Å². The third-order valence-electron chi connectivity index (χ3n) is 2.28. The van der Waals surface area contributed by atoms with Crippen molar-refractivity contribution in [3.05, 3.63) is 29.3 Å². The minimum Gasteiger partial charge on any atom is -0.462 e. The molecule has 1 unspecified atom stereocenters. The van der Waals surface area contributed by atoms with Gasteiger partial charge in [-0.3, -0.25) is 0 Å². The first kappa shape index (κ1) is 12.5. The zero-order valence-electron chi connectivity index (χ0n) is 9.56. The number of aliphatic hydroxyl groups is 1. The average Bonchev–Trinajstić information content (AvgIpc) is 2.21. The fourth-order valence-corrected chi connectivity index (χ4v) is 1.17. The zero-order valence-corrected chi connectivity index (χ0v) is 9.56. The van der Waals surface area contributed by atoms with Crippen LogP contribution in [0.25, 0.3) is 0 Å². The lowest BCUT2D eigenvalue weighted by Crippen LogP contribution is -2.11. The Labute approximate surface area is 95.0 Å². The molecule has 4 nitrogen and oxygen atoms in total. The molecule has 0 spiro atoms. The second-order valence-corrected chi connectivity index (χ2v) is 3.84. The van der Waals surface area contributed by atoms with Gasteiger partial charge in [0.05, 0.1) is 18.3 Å². The number of esters is 1. The van der Waals surface area contributed by atoms with E-state index in [1.807, 2.05) is 6.92 Å². The number of benzene rings is 1. The highest BCUT2D eigenvalue weighted by Crippen LogP contribution is 2.13. The maximum absolute atomic E-state index is 11.5. The van der Waals surface area contributed by atoms with Crippen LogP contribution in [-0.4, -0.2) is 23.8 Å². The molecule has 4 heteroatoms. The molecule has 1 aromatic rings. The molecular weight excluding hydrogens is 206 g/mol. The van der Waals surface area contributed by atoms with Crippen LogP contribution in [0, 0.1) is 6.92 Å². The summed E-state index contributed by atoms with van der Waals surface area (Å²) in [6, 6.07) is 5.05. The van der Waals surface area contributed by atoms with E-state index in [2.05, 4.69) is 0 Å². The van der Waals surface area contributed by atoms with Gasteiger partial charge in [0.25, 0.3) is 0 Å². The van der Waals surface area contributed by atoms with E-state index in [0.717, 1.165) is 5.56 Å². The first-order valence-electron chi connectivity index (χ1n) is 5.22. The van der Waals surface area contributed by atoms with Crippen molar-refractivity contribution in [3.63, 3.8) is 0 Å². The van der Waals surface area contributed by atoms with Crippen molar-refractivity contribution >= 4 is 11.7 Å². The predicted octanol–water partition coefficient (Wildman–Crippen LogP) is 1.50. The minimum atomic E-state index is -0.462. The quantitative estimate of drug-likeness (QED) is 0.599. The van der Waals surface area contributed by atoms with Crippen molar-refractivity contribution < 1.29 is 14.6 Å². The number of ether oxygens (including phenoxy) is 1. The Morgan fingerprint density at radius 2 is 2.25 bits per heavy atom. The summed E-state index contributed by atoms with van der Waals surface area (Å²) < 4.78 is 4.98. The van der Waals surface area contributed by atoms with Crippen molar-refractivity contribution in [3.8, 4) is 0 Å². The molecule has 1 rings (SSSR count). The Balaban J connectivity index is 2.56. The third-order valence-corrected chi connectivity index (χ3v) is 2.28. The van der Waals surface area contributed by atoms with Gasteiger partial charge in [-0.2, -0.15) is 0 Å². The molecule has 3 N–H and O–H groups in total. The van der Waals surface area contributed by atoms with Gasteiger partial charge >= 0.3 is 5.97 Å². The number of hydrogen-bond acceptors (Lipinski definition) is 4. The first-order valence-corrected chi connectivity index (χ1v) is 5.22. The fourth-order valence-electron chi connectivity index (χ4n) is 1.17. The van der Waals surface area contributed by atoms with Gasteiger partial charge in [-0.05, 0) is 31.5 Å². The van der Waals surface area contributed by atoms with E-state index in [1.54, 1.807) is 25.1 Å². The average molecular weight is 223 g/mol. The molecule has 0 heterocycles. The number of rotatable bonds is 4. The normalized spacial score (nSPS) is 12.2. The molecule has 0 aliphatic rings. The van der Waals surface area contributed by atoms with Gasteiger partial charge in [-0.1, -0.05) is 6.07 Å². The molecule has 0 aliphatic heterocycles. The molecule has 88 valence electrons. The van der Waals surface area contributed by atoms with Crippen molar-refractivity contribution in [2.45, 2.75) is 26.4 Å². The van der Waals surface area contributed by atoms with Gasteiger partial charge in [-0.15, -0.1) is 0 Å². The summed E-state index contributed by atoms with van der Waals surface area (Å²) in [6.07, 6.45) is -0.0246. The van der Waals surface area contributed by atoms with Gasteiger partial charge in [-0.25, -0.2) is 4.79 Å². The molecule has 1 aromatic carbocycles. The van der Waals surface area contributed by atoms with E-state index >= 15 is 0 Å². The van der Waals surface area contributed by atoms with E-state index in [1.165, 1.54) is 0 Å². The SMILES string of the molecule is Cc1ccc(C(=O)OCCC(C)O)cc1N. The standard InChI is InChI=1S/C12H17NO3/c1-8-3-4-10(7-11(8)13)12(15)16-6-5-9(2)14/h3-4,7,9,14H,5-6,13H2,1-2H3. The summed E-state index contributed by atoms with van der Waals surface area (Å²) >= 11 is 0. The summed E-state index contributed by atoms with van der Waals surface area (Å²) in [5, 5.41) is 9.01. The highest BCUT2D eigenvalue weighted by Gasteiger charge is 2.08. The number of hydrogen-bond donors (Lipinski definition) is 2. The summed E-state index contributed by atoms with van der Waals surface area (Å²) in [7, 11) is 0. The second-order valence-electron chi connectivity index (χ2n) is 3.84. The topological polar surface area (TPSA) is 72.5 Å². The van der Waals surface area contributed by atoms with Gasteiger partial charge in [0.2, 0.25) is 0 Å². The Bertz CT molecular complexity index is 375. The highest BCUT2D eigenvalue weighted by molar-refractivity contribution is 5.90. The molecule has 16 heavy (non-hydrogen) atoms. The van der Waals surface area contributed by atoms with Gasteiger partial charge < -0.3 is 15.6 Å². The van der Waals surface area contributed by atoms with Crippen molar-refractivity contribution in [1.82, 2.24) is 0 Å². The summed E-state index contributed by atoms with van der Waals surface area (Å²) in [6.45, 7) is 3.74. The number of aliphatic hydroxyl groups excluding tert-OH is 1. The lowest BCUT2D eigenvalue weighted by Gasteiger charge is -2.07. The Kier molecular flexibility index (Phi) is 4.31. The molecule has 1 atom stereocenters. The van der Waals surface area contributed by atoms with Crippen LogP contribution in [0.1, 0.15) is 29.3 Å². The van der Waals surface area contributed by atoms with E-state index in [9.17, 15) is 4.79 Å². The highest BCUT2D eigenvalue weighted by atomic mass is 16.5. The summed E-state index contributed by atoms with van der Waals surface area (Å²) in [5.74, 6) is -0.410. The molecule has 0 fully saturated rings. The van der Waals surface area contributed by atoms with E-state index in [4.69, 9.17) is 15.6 Å². The van der Waals surface area contributed by atoms with Crippen LogP contribution in [0.2, 0.25) is 0 Å². The van der Waals surface area contributed by atoms with Gasteiger partial charge in [0, 0.05) is 12.1 Å². The number of nitrogens with two attached hydrogens (primary N) is 1. The number of aryl methyl sites for hydroxylation is 1. The monoisotopic (exact) mass is 223 g/mol. The van der Waals surface area contributed by atoms with Crippen LogP contribution in [0.15, 0.2) is 18.2 Å². The van der Waals surface area contributed by atoms with Gasteiger partial charge in [0.15, 0.2) is 0 Å². The summed E-state index contributed by atoms with van der Waals surface area (Å²) in [5.41, 5.74) is 7.63. The number of carbonyl (C=O) groups is 1. The molecule has 0 bridgehead atoms. The van der Waals surface area contributed by atoms with E-state index in [-0.39, 0.29) is 6.61 Å². The lowest BCUT2D eigenvalue weighted by molar-refractivity contribution is 0.0444. The van der Waals surface area contributed by atoms with E-state index in [0.29, 0.717) is 17.7 Å². The zero-order chi connectivity index (χ0) is 12.1. The molecule has 0 saturated heterocycles. The van der Waals surface area contributed by atoms with Crippen molar-refractivity contribution in [2.24, 2.45) is 0 Å². The third kappa shape index (κ3) is 3.55. The molecule has 0 saturated carbocycles. The molecule has 0 aromatic heterocycles. The van der Waals surface area contributed by atoms with Crippen LogP contribution in [0.4, 0.5) is 5.69 Å². The number of nitrogen functional groups attached to an aromatic ring is 1. The fraction of sp³-hybridized carbons (Fsp3) is 0.417. The van der Waals surface area contributed by atoms with Crippen molar-refractivity contribution in [2.75, 3.05) is 12.3 Å². The van der Waals surface area contributed by atoms with E-state index < -0.39 is 12.1 Å². The lowest BCUT2D eigenvalue weighted by atomic mass is 10.1. The smallest absolute Gasteiger partial charge is 0.338 e. The van der Waals surface area contributed by atoms with Gasteiger partial charge in [0.1, 0.15) is 0 Å². The molecular formula is C12H17NO3. The second kappa shape index (κ2) is 5.51. The Morgan fingerprint density at radius 1 is 1.56 bits per heavy atom. The molecule has 0 aliphatic carbocycles. The first-order chi connectivity index (χ1) is 7.50. The number of carbonyl (C=O) groups excluding carboxylic acids is 1. The Morgan fingerprint density at radius 3 is 2.81 bits per heavy atom. The van der Waals surface area contributed by atoms with Crippen molar-refractivity contribution in [1.29, 1.82) is 0 Å². The van der Waals surface area contributed by atoms with Crippen LogP contribution in [0.5, 0.6) is 0 Å². The maximum Gasteiger partial charge on any atom is 0.338 e.